The Hall–Kier alpha value is -1.55. The van der Waals surface area contributed by atoms with Crippen LogP contribution in [0.3, 0.4) is 0 Å². The molecule has 3 nitrogen and oxygen atoms in total. The van der Waals surface area contributed by atoms with E-state index in [2.05, 4.69) is 26.8 Å². The van der Waals surface area contributed by atoms with Gasteiger partial charge < -0.3 is 10.6 Å². The molecule has 21 heavy (non-hydrogen) atoms. The first-order valence-electron chi connectivity index (χ1n) is 7.46. The number of piperidine rings is 1. The zero-order valence-electron chi connectivity index (χ0n) is 12.9. The molecule has 0 aliphatic carbocycles. The molecule has 1 aromatic carbocycles. The van der Waals surface area contributed by atoms with Gasteiger partial charge in [0.1, 0.15) is 4.88 Å². The lowest BCUT2D eigenvalue weighted by atomic mass is 9.82. The lowest BCUT2D eigenvalue weighted by Crippen LogP contribution is -2.41. The van der Waals surface area contributed by atoms with Crippen LogP contribution in [0, 0.1) is 12.3 Å². The molecule has 1 aliphatic rings. The van der Waals surface area contributed by atoms with Crippen molar-refractivity contribution >= 4 is 33.0 Å². The van der Waals surface area contributed by atoms with Crippen LogP contribution in [0.4, 0.5) is 5.69 Å². The summed E-state index contributed by atoms with van der Waals surface area (Å²) in [4.78, 5) is 15.4. The highest BCUT2D eigenvalue weighted by atomic mass is 32.1. The Morgan fingerprint density at radius 3 is 2.57 bits per heavy atom. The molecule has 2 aromatic rings. The van der Waals surface area contributed by atoms with Gasteiger partial charge >= 0.3 is 0 Å². The molecule has 0 atom stereocenters. The number of fused-ring (bicyclic) bond motifs is 1. The SMILES string of the molecule is Cc1cccc2c(N)c(C(=O)N3CCC(C)(C)CC3)sc12. The van der Waals surface area contributed by atoms with Crippen LogP contribution >= 0.6 is 11.3 Å². The second kappa shape index (κ2) is 5.02. The molecule has 1 amide bonds. The minimum atomic E-state index is 0.101. The number of hydrogen-bond acceptors (Lipinski definition) is 3. The van der Waals surface area contributed by atoms with Crippen molar-refractivity contribution in [1.82, 2.24) is 4.90 Å². The zero-order chi connectivity index (χ0) is 15.2. The van der Waals surface area contributed by atoms with Gasteiger partial charge in [-0.1, -0.05) is 32.0 Å². The van der Waals surface area contributed by atoms with E-state index in [1.54, 1.807) is 0 Å². The molecule has 3 rings (SSSR count). The predicted molar refractivity (Wildman–Crippen MR) is 89.9 cm³/mol. The first-order valence-corrected chi connectivity index (χ1v) is 8.27. The van der Waals surface area contributed by atoms with Crippen LogP contribution in [0.25, 0.3) is 10.1 Å². The summed E-state index contributed by atoms with van der Waals surface area (Å²) < 4.78 is 1.13. The molecule has 0 radical (unpaired) electrons. The fourth-order valence-corrected chi connectivity index (χ4v) is 4.05. The number of carbonyl (C=O) groups is 1. The van der Waals surface area contributed by atoms with Gasteiger partial charge in [0.15, 0.2) is 0 Å². The normalized spacial score (nSPS) is 18.1. The highest BCUT2D eigenvalue weighted by Crippen LogP contribution is 2.37. The third-order valence-electron chi connectivity index (χ3n) is 4.55. The molecule has 112 valence electrons. The van der Waals surface area contributed by atoms with E-state index in [4.69, 9.17) is 5.73 Å². The maximum Gasteiger partial charge on any atom is 0.266 e. The molecule has 0 bridgehead atoms. The van der Waals surface area contributed by atoms with Gasteiger partial charge in [-0.2, -0.15) is 0 Å². The van der Waals surface area contributed by atoms with Gasteiger partial charge in [-0.25, -0.2) is 0 Å². The molecule has 4 heteroatoms. The maximum absolute atomic E-state index is 12.8. The van der Waals surface area contributed by atoms with Crippen LogP contribution in [-0.4, -0.2) is 23.9 Å². The van der Waals surface area contributed by atoms with Gasteiger partial charge in [0, 0.05) is 23.2 Å². The molecule has 1 aliphatic heterocycles. The molecule has 0 spiro atoms. The number of likely N-dealkylation sites (tertiary alicyclic amines) is 1. The Morgan fingerprint density at radius 1 is 1.29 bits per heavy atom. The fraction of sp³-hybridized carbons (Fsp3) is 0.471. The molecule has 0 saturated carbocycles. The van der Waals surface area contributed by atoms with Gasteiger partial charge in [-0.05, 0) is 30.7 Å². The van der Waals surface area contributed by atoms with E-state index in [9.17, 15) is 4.79 Å². The minimum absolute atomic E-state index is 0.101. The Balaban J connectivity index is 1.92. The van der Waals surface area contributed by atoms with Crippen molar-refractivity contribution in [2.75, 3.05) is 18.8 Å². The third-order valence-corrected chi connectivity index (χ3v) is 5.89. The number of thiophene rings is 1. The summed E-state index contributed by atoms with van der Waals surface area (Å²) in [6.45, 7) is 8.27. The van der Waals surface area contributed by atoms with Crippen molar-refractivity contribution in [3.63, 3.8) is 0 Å². The third kappa shape index (κ3) is 2.53. The molecule has 2 heterocycles. The molecule has 1 fully saturated rings. The predicted octanol–water partition coefficient (Wildman–Crippen LogP) is 4.05. The number of nitrogen functional groups attached to an aromatic ring is 1. The quantitative estimate of drug-likeness (QED) is 0.863. The van der Waals surface area contributed by atoms with Crippen LogP contribution in [0.5, 0.6) is 0 Å². The monoisotopic (exact) mass is 302 g/mol. The molecular weight excluding hydrogens is 280 g/mol. The van der Waals surface area contributed by atoms with Crippen molar-refractivity contribution in [2.45, 2.75) is 33.6 Å². The van der Waals surface area contributed by atoms with Crippen LogP contribution < -0.4 is 5.73 Å². The van der Waals surface area contributed by atoms with E-state index in [-0.39, 0.29) is 5.91 Å². The topological polar surface area (TPSA) is 46.3 Å². The Bertz CT molecular complexity index is 692. The fourth-order valence-electron chi connectivity index (χ4n) is 2.90. The van der Waals surface area contributed by atoms with Crippen LogP contribution in [0.2, 0.25) is 0 Å². The van der Waals surface area contributed by atoms with E-state index in [0.29, 0.717) is 16.0 Å². The van der Waals surface area contributed by atoms with E-state index >= 15 is 0 Å². The number of nitrogens with two attached hydrogens (primary N) is 1. The summed E-state index contributed by atoms with van der Waals surface area (Å²) in [6, 6.07) is 6.07. The van der Waals surface area contributed by atoms with E-state index in [0.717, 1.165) is 36.0 Å². The number of amides is 1. The summed E-state index contributed by atoms with van der Waals surface area (Å²) in [5.41, 5.74) is 8.41. The zero-order valence-corrected chi connectivity index (χ0v) is 13.7. The first kappa shape index (κ1) is 14.4. The Morgan fingerprint density at radius 2 is 1.95 bits per heavy atom. The Kier molecular flexibility index (Phi) is 3.44. The van der Waals surface area contributed by atoms with Crippen LogP contribution in [0.15, 0.2) is 18.2 Å². The number of nitrogens with zero attached hydrogens (tertiary/aromatic N) is 1. The van der Waals surface area contributed by atoms with Crippen molar-refractivity contribution in [1.29, 1.82) is 0 Å². The summed E-state index contributed by atoms with van der Waals surface area (Å²) >= 11 is 1.54. The minimum Gasteiger partial charge on any atom is -0.397 e. The molecule has 1 saturated heterocycles. The van der Waals surface area contributed by atoms with Crippen LogP contribution in [0.1, 0.15) is 41.9 Å². The van der Waals surface area contributed by atoms with Gasteiger partial charge in [0.25, 0.3) is 5.91 Å². The maximum atomic E-state index is 12.8. The number of hydrogen-bond donors (Lipinski definition) is 1. The second-order valence-corrected chi connectivity index (χ2v) is 7.77. The summed E-state index contributed by atoms with van der Waals surface area (Å²) in [7, 11) is 0. The Labute approximate surface area is 129 Å². The molecule has 2 N–H and O–H groups in total. The van der Waals surface area contributed by atoms with Gasteiger partial charge in [-0.15, -0.1) is 11.3 Å². The average Bonchev–Trinajstić information content (AvgIpc) is 2.77. The largest absolute Gasteiger partial charge is 0.397 e. The van der Waals surface area contributed by atoms with E-state index in [1.165, 1.54) is 16.9 Å². The van der Waals surface area contributed by atoms with Crippen molar-refractivity contribution < 1.29 is 4.79 Å². The number of benzene rings is 1. The summed E-state index contributed by atoms with van der Waals surface area (Å²) in [5.74, 6) is 0.101. The van der Waals surface area contributed by atoms with Crippen LogP contribution in [-0.2, 0) is 0 Å². The highest BCUT2D eigenvalue weighted by molar-refractivity contribution is 7.21. The van der Waals surface area contributed by atoms with Gasteiger partial charge in [0.2, 0.25) is 0 Å². The number of aryl methyl sites for hydroxylation is 1. The van der Waals surface area contributed by atoms with Crippen molar-refractivity contribution in [3.05, 3.63) is 28.6 Å². The number of rotatable bonds is 1. The number of carbonyl (C=O) groups excluding carboxylic acids is 1. The van der Waals surface area contributed by atoms with Crippen molar-refractivity contribution in [2.24, 2.45) is 5.41 Å². The number of anilines is 1. The molecular formula is C17H22N2OS. The lowest BCUT2D eigenvalue weighted by Gasteiger charge is -2.36. The summed E-state index contributed by atoms with van der Waals surface area (Å²) in [6.07, 6.45) is 2.12. The first-order chi connectivity index (χ1) is 9.89. The smallest absolute Gasteiger partial charge is 0.266 e. The summed E-state index contributed by atoms with van der Waals surface area (Å²) in [5, 5.41) is 1.01. The van der Waals surface area contributed by atoms with Gasteiger partial charge in [-0.3, -0.25) is 4.79 Å². The highest BCUT2D eigenvalue weighted by Gasteiger charge is 2.30. The lowest BCUT2D eigenvalue weighted by molar-refractivity contribution is 0.0636. The van der Waals surface area contributed by atoms with Gasteiger partial charge in [0.05, 0.1) is 5.69 Å². The van der Waals surface area contributed by atoms with E-state index in [1.807, 2.05) is 17.0 Å². The standard InChI is InChI=1S/C17H22N2OS/c1-11-5-4-6-12-13(18)15(21-14(11)12)16(20)19-9-7-17(2,3)8-10-19/h4-6H,7-10,18H2,1-3H3. The second-order valence-electron chi connectivity index (χ2n) is 6.75. The average molecular weight is 302 g/mol. The van der Waals surface area contributed by atoms with E-state index < -0.39 is 0 Å². The molecule has 0 unspecified atom stereocenters. The molecule has 1 aromatic heterocycles. The van der Waals surface area contributed by atoms with Crippen molar-refractivity contribution in [3.8, 4) is 0 Å².